The van der Waals surface area contributed by atoms with Gasteiger partial charge in [0.15, 0.2) is 0 Å². The lowest BCUT2D eigenvalue weighted by atomic mass is 10.0. The van der Waals surface area contributed by atoms with E-state index in [0.29, 0.717) is 6.54 Å². The van der Waals surface area contributed by atoms with E-state index < -0.39 is 0 Å². The summed E-state index contributed by atoms with van der Waals surface area (Å²) in [4.78, 5) is 4.56. The molecular weight excluding hydrogens is 240 g/mol. The quantitative estimate of drug-likeness (QED) is 0.897. The van der Waals surface area contributed by atoms with Gasteiger partial charge in [0.2, 0.25) is 0 Å². The van der Waals surface area contributed by atoms with Gasteiger partial charge in [-0.3, -0.25) is 4.98 Å². The van der Waals surface area contributed by atoms with Crippen molar-refractivity contribution >= 4 is 10.9 Å². The molecule has 0 fully saturated rings. The van der Waals surface area contributed by atoms with E-state index in [1.54, 1.807) is 14.2 Å². The van der Waals surface area contributed by atoms with Crippen molar-refractivity contribution in [1.29, 1.82) is 0 Å². The van der Waals surface area contributed by atoms with E-state index >= 15 is 0 Å². The molecule has 0 aliphatic carbocycles. The number of pyridine rings is 1. The van der Waals surface area contributed by atoms with Crippen molar-refractivity contribution in [3.8, 4) is 11.5 Å². The molecule has 0 atom stereocenters. The van der Waals surface area contributed by atoms with Crippen molar-refractivity contribution in [2.45, 2.75) is 19.8 Å². The first-order valence-corrected chi connectivity index (χ1v) is 6.42. The van der Waals surface area contributed by atoms with Gasteiger partial charge < -0.3 is 15.2 Å². The summed E-state index contributed by atoms with van der Waals surface area (Å²) in [5.41, 5.74) is 8.62. The monoisotopic (exact) mass is 260 g/mol. The van der Waals surface area contributed by atoms with E-state index in [0.717, 1.165) is 46.5 Å². The first-order chi connectivity index (χ1) is 9.21. The van der Waals surface area contributed by atoms with Crippen LogP contribution in [0.5, 0.6) is 11.5 Å². The Morgan fingerprint density at radius 2 is 1.89 bits per heavy atom. The van der Waals surface area contributed by atoms with Gasteiger partial charge in [0, 0.05) is 22.7 Å². The van der Waals surface area contributed by atoms with Gasteiger partial charge in [0.1, 0.15) is 11.5 Å². The molecule has 0 saturated carbocycles. The van der Waals surface area contributed by atoms with Crippen LogP contribution >= 0.6 is 0 Å². The summed E-state index contributed by atoms with van der Waals surface area (Å²) in [5.74, 6) is 1.71. The van der Waals surface area contributed by atoms with Crippen LogP contribution in [0.25, 0.3) is 10.9 Å². The SMILES string of the molecule is COc1ccc2nc(C)cc(OC)c2c1CCCN. The van der Waals surface area contributed by atoms with E-state index in [4.69, 9.17) is 15.2 Å². The minimum Gasteiger partial charge on any atom is -0.496 e. The van der Waals surface area contributed by atoms with Gasteiger partial charge in [-0.2, -0.15) is 0 Å². The molecule has 0 spiro atoms. The first kappa shape index (κ1) is 13.6. The molecule has 2 rings (SSSR count). The number of aryl methyl sites for hydroxylation is 2. The maximum absolute atomic E-state index is 5.62. The Hall–Kier alpha value is -1.81. The molecule has 4 heteroatoms. The highest BCUT2D eigenvalue weighted by Crippen LogP contribution is 2.34. The Morgan fingerprint density at radius 1 is 1.16 bits per heavy atom. The van der Waals surface area contributed by atoms with Crippen LogP contribution in [0.4, 0.5) is 0 Å². The largest absolute Gasteiger partial charge is 0.496 e. The van der Waals surface area contributed by atoms with Crippen LogP contribution in [0.1, 0.15) is 17.7 Å². The zero-order chi connectivity index (χ0) is 13.8. The van der Waals surface area contributed by atoms with Crippen molar-refractivity contribution < 1.29 is 9.47 Å². The number of ether oxygens (including phenoxy) is 2. The second-order valence-corrected chi connectivity index (χ2v) is 4.50. The predicted molar refractivity (Wildman–Crippen MR) is 77.0 cm³/mol. The number of fused-ring (bicyclic) bond motifs is 1. The Labute approximate surface area is 113 Å². The van der Waals surface area contributed by atoms with Crippen molar-refractivity contribution in [2.24, 2.45) is 5.73 Å². The van der Waals surface area contributed by atoms with Crippen LogP contribution in [-0.4, -0.2) is 25.7 Å². The molecule has 0 unspecified atom stereocenters. The second kappa shape index (κ2) is 5.89. The second-order valence-electron chi connectivity index (χ2n) is 4.50. The van der Waals surface area contributed by atoms with Crippen LogP contribution in [-0.2, 0) is 6.42 Å². The number of hydrogen-bond acceptors (Lipinski definition) is 4. The molecule has 0 bridgehead atoms. The number of hydrogen-bond donors (Lipinski definition) is 1. The predicted octanol–water partition coefficient (Wildman–Crippen LogP) is 2.45. The summed E-state index contributed by atoms with van der Waals surface area (Å²) in [6.45, 7) is 2.62. The van der Waals surface area contributed by atoms with Gasteiger partial charge in [-0.25, -0.2) is 0 Å². The molecular formula is C15H20N2O2. The number of benzene rings is 1. The highest BCUT2D eigenvalue weighted by Gasteiger charge is 2.14. The fourth-order valence-corrected chi connectivity index (χ4v) is 2.35. The molecule has 0 radical (unpaired) electrons. The lowest BCUT2D eigenvalue weighted by molar-refractivity contribution is 0.407. The van der Waals surface area contributed by atoms with Gasteiger partial charge in [-0.15, -0.1) is 0 Å². The Bertz CT molecular complexity index is 582. The van der Waals surface area contributed by atoms with E-state index in [-0.39, 0.29) is 0 Å². The smallest absolute Gasteiger partial charge is 0.130 e. The van der Waals surface area contributed by atoms with Gasteiger partial charge in [0.25, 0.3) is 0 Å². The van der Waals surface area contributed by atoms with Crippen molar-refractivity contribution in [1.82, 2.24) is 4.98 Å². The van der Waals surface area contributed by atoms with Gasteiger partial charge in [-0.05, 0) is 38.4 Å². The normalized spacial score (nSPS) is 10.7. The molecule has 0 aliphatic heterocycles. The third-order valence-electron chi connectivity index (χ3n) is 3.20. The minimum atomic E-state index is 0.654. The molecule has 0 saturated heterocycles. The molecule has 1 aromatic carbocycles. The molecule has 0 amide bonds. The molecule has 0 aliphatic rings. The van der Waals surface area contributed by atoms with Gasteiger partial charge >= 0.3 is 0 Å². The number of aromatic nitrogens is 1. The average molecular weight is 260 g/mol. The van der Waals surface area contributed by atoms with Gasteiger partial charge in [0.05, 0.1) is 19.7 Å². The zero-order valence-electron chi connectivity index (χ0n) is 11.7. The summed E-state index contributed by atoms with van der Waals surface area (Å²) in [6.07, 6.45) is 1.77. The van der Waals surface area contributed by atoms with Crippen LogP contribution < -0.4 is 15.2 Å². The minimum absolute atomic E-state index is 0.654. The van der Waals surface area contributed by atoms with Crippen molar-refractivity contribution in [2.75, 3.05) is 20.8 Å². The molecule has 4 nitrogen and oxygen atoms in total. The lowest BCUT2D eigenvalue weighted by Crippen LogP contribution is -2.03. The van der Waals surface area contributed by atoms with E-state index in [9.17, 15) is 0 Å². The maximum Gasteiger partial charge on any atom is 0.130 e. The Kier molecular flexibility index (Phi) is 4.22. The number of methoxy groups -OCH3 is 2. The molecule has 2 N–H and O–H groups in total. The molecule has 102 valence electrons. The number of rotatable bonds is 5. The maximum atomic E-state index is 5.62. The first-order valence-electron chi connectivity index (χ1n) is 6.42. The average Bonchev–Trinajstić information content (AvgIpc) is 2.43. The topological polar surface area (TPSA) is 57.4 Å². The van der Waals surface area contributed by atoms with E-state index in [1.807, 2.05) is 25.1 Å². The summed E-state index contributed by atoms with van der Waals surface area (Å²) in [6, 6.07) is 5.88. The van der Waals surface area contributed by atoms with Crippen LogP contribution in [0.3, 0.4) is 0 Å². The summed E-state index contributed by atoms with van der Waals surface area (Å²) in [7, 11) is 3.36. The standard InChI is InChI=1S/C15H20N2O2/c1-10-9-14(19-3)15-11(5-4-8-16)13(18-2)7-6-12(15)17-10/h6-7,9H,4-5,8,16H2,1-3H3. The number of nitrogens with zero attached hydrogens (tertiary/aromatic N) is 1. The van der Waals surface area contributed by atoms with E-state index in [2.05, 4.69) is 4.98 Å². The summed E-state index contributed by atoms with van der Waals surface area (Å²) < 4.78 is 11.0. The third-order valence-corrected chi connectivity index (χ3v) is 3.20. The molecule has 1 aromatic heterocycles. The third kappa shape index (κ3) is 2.63. The highest BCUT2D eigenvalue weighted by atomic mass is 16.5. The van der Waals surface area contributed by atoms with Crippen molar-refractivity contribution in [3.05, 3.63) is 29.5 Å². The van der Waals surface area contributed by atoms with Gasteiger partial charge in [-0.1, -0.05) is 0 Å². The van der Waals surface area contributed by atoms with Crippen molar-refractivity contribution in [3.63, 3.8) is 0 Å². The van der Waals surface area contributed by atoms with Crippen LogP contribution in [0.2, 0.25) is 0 Å². The fourth-order valence-electron chi connectivity index (χ4n) is 2.35. The van der Waals surface area contributed by atoms with Crippen LogP contribution in [0, 0.1) is 6.92 Å². The lowest BCUT2D eigenvalue weighted by Gasteiger charge is -2.14. The van der Waals surface area contributed by atoms with Crippen LogP contribution in [0.15, 0.2) is 18.2 Å². The summed E-state index contributed by atoms with van der Waals surface area (Å²) in [5, 5.41) is 1.03. The fraction of sp³-hybridized carbons (Fsp3) is 0.400. The van der Waals surface area contributed by atoms with E-state index in [1.165, 1.54) is 0 Å². The molecule has 1 heterocycles. The highest BCUT2D eigenvalue weighted by molar-refractivity contribution is 5.90. The zero-order valence-corrected chi connectivity index (χ0v) is 11.7. The Balaban J connectivity index is 2.70. The molecule has 19 heavy (non-hydrogen) atoms. The number of nitrogens with two attached hydrogens (primary N) is 1. The Morgan fingerprint density at radius 3 is 2.53 bits per heavy atom. The summed E-state index contributed by atoms with van der Waals surface area (Å²) >= 11 is 0. The molecule has 2 aromatic rings.